The molecule has 0 aromatic heterocycles. The SMILES string of the molecule is CCC(CCCC(=O)C(C)(C)C)CC(C)CC(C)(C)C. The van der Waals surface area contributed by atoms with Crippen LogP contribution in [0.1, 0.15) is 93.9 Å². The minimum Gasteiger partial charge on any atom is -0.299 e. The van der Waals surface area contributed by atoms with Crippen LogP contribution in [0.3, 0.4) is 0 Å². The van der Waals surface area contributed by atoms with Crippen molar-refractivity contribution in [3.05, 3.63) is 0 Å². The van der Waals surface area contributed by atoms with Crippen molar-refractivity contribution in [3.63, 3.8) is 0 Å². The minimum atomic E-state index is -0.165. The highest BCUT2D eigenvalue weighted by Gasteiger charge is 2.22. The molecule has 20 heavy (non-hydrogen) atoms. The molecule has 0 aromatic rings. The molecule has 0 bridgehead atoms. The van der Waals surface area contributed by atoms with Crippen LogP contribution in [0.2, 0.25) is 0 Å². The topological polar surface area (TPSA) is 17.1 Å². The third-order valence-corrected chi connectivity index (χ3v) is 4.13. The molecule has 0 amide bonds. The van der Waals surface area contributed by atoms with Crippen molar-refractivity contribution in [3.8, 4) is 0 Å². The zero-order chi connectivity index (χ0) is 16.0. The molecule has 0 saturated heterocycles. The van der Waals surface area contributed by atoms with Gasteiger partial charge >= 0.3 is 0 Å². The van der Waals surface area contributed by atoms with E-state index in [-0.39, 0.29) is 5.41 Å². The van der Waals surface area contributed by atoms with Gasteiger partial charge in [0.15, 0.2) is 0 Å². The zero-order valence-electron chi connectivity index (χ0n) is 15.3. The van der Waals surface area contributed by atoms with Crippen LogP contribution >= 0.6 is 0 Å². The number of rotatable bonds is 8. The van der Waals surface area contributed by atoms with Crippen LogP contribution in [-0.4, -0.2) is 5.78 Å². The van der Waals surface area contributed by atoms with E-state index in [0.29, 0.717) is 11.2 Å². The largest absolute Gasteiger partial charge is 0.299 e. The van der Waals surface area contributed by atoms with Crippen molar-refractivity contribution in [2.45, 2.75) is 93.9 Å². The van der Waals surface area contributed by atoms with Crippen LogP contribution < -0.4 is 0 Å². The average Bonchev–Trinajstić information content (AvgIpc) is 2.23. The predicted octanol–water partition coefficient (Wildman–Crippen LogP) is 6.26. The molecule has 0 aromatic carbocycles. The maximum Gasteiger partial charge on any atom is 0.138 e. The molecular formula is C19H38O. The summed E-state index contributed by atoms with van der Waals surface area (Å²) in [6, 6.07) is 0. The van der Waals surface area contributed by atoms with Crippen molar-refractivity contribution < 1.29 is 4.79 Å². The van der Waals surface area contributed by atoms with Gasteiger partial charge in [0.25, 0.3) is 0 Å². The molecule has 2 unspecified atom stereocenters. The number of carbonyl (C=O) groups excluding carboxylic acids is 1. The van der Waals surface area contributed by atoms with E-state index in [9.17, 15) is 4.79 Å². The lowest BCUT2D eigenvalue weighted by atomic mass is 9.79. The van der Waals surface area contributed by atoms with E-state index in [1.165, 1.54) is 25.7 Å². The van der Waals surface area contributed by atoms with Gasteiger partial charge < -0.3 is 0 Å². The Hall–Kier alpha value is -0.330. The van der Waals surface area contributed by atoms with Crippen molar-refractivity contribution in [2.75, 3.05) is 0 Å². The summed E-state index contributed by atoms with van der Waals surface area (Å²) in [5.74, 6) is 1.99. The first kappa shape index (κ1) is 19.7. The molecule has 0 heterocycles. The van der Waals surface area contributed by atoms with Crippen LogP contribution in [0.4, 0.5) is 0 Å². The molecule has 0 spiro atoms. The Morgan fingerprint density at radius 1 is 1.05 bits per heavy atom. The molecule has 0 aliphatic rings. The van der Waals surface area contributed by atoms with Gasteiger partial charge in [-0.1, -0.05) is 68.2 Å². The predicted molar refractivity (Wildman–Crippen MR) is 89.9 cm³/mol. The molecule has 120 valence electrons. The number of carbonyl (C=O) groups is 1. The first-order valence-corrected chi connectivity index (χ1v) is 8.49. The summed E-state index contributed by atoms with van der Waals surface area (Å²) in [6.45, 7) is 17.7. The van der Waals surface area contributed by atoms with Gasteiger partial charge in [-0.15, -0.1) is 0 Å². The van der Waals surface area contributed by atoms with E-state index in [2.05, 4.69) is 34.6 Å². The van der Waals surface area contributed by atoms with E-state index in [1.54, 1.807) is 0 Å². The standard InChI is InChI=1S/C19H38O/c1-9-16(13-15(2)14-18(3,4)5)11-10-12-17(20)19(6,7)8/h15-16H,9-14H2,1-8H3. The Labute approximate surface area is 127 Å². The molecular weight excluding hydrogens is 244 g/mol. The van der Waals surface area contributed by atoms with Crippen molar-refractivity contribution in [1.82, 2.24) is 0 Å². The molecule has 0 aliphatic carbocycles. The van der Waals surface area contributed by atoms with Gasteiger partial charge in [0, 0.05) is 11.8 Å². The first-order chi connectivity index (χ1) is 8.95. The minimum absolute atomic E-state index is 0.165. The van der Waals surface area contributed by atoms with Gasteiger partial charge in [-0.25, -0.2) is 0 Å². The summed E-state index contributed by atoms with van der Waals surface area (Å²) >= 11 is 0. The van der Waals surface area contributed by atoms with Crippen molar-refractivity contribution in [2.24, 2.45) is 22.7 Å². The monoisotopic (exact) mass is 282 g/mol. The Kier molecular flexibility index (Phi) is 8.06. The highest BCUT2D eigenvalue weighted by Crippen LogP contribution is 2.31. The van der Waals surface area contributed by atoms with Gasteiger partial charge in [0.2, 0.25) is 0 Å². The number of hydrogen-bond acceptors (Lipinski definition) is 1. The van der Waals surface area contributed by atoms with E-state index < -0.39 is 0 Å². The lowest BCUT2D eigenvalue weighted by Gasteiger charge is -2.26. The third-order valence-electron chi connectivity index (χ3n) is 4.13. The summed E-state index contributed by atoms with van der Waals surface area (Å²) in [5.41, 5.74) is 0.265. The molecule has 1 heteroatoms. The smallest absolute Gasteiger partial charge is 0.138 e. The fraction of sp³-hybridized carbons (Fsp3) is 0.947. The Morgan fingerprint density at radius 2 is 1.60 bits per heavy atom. The Morgan fingerprint density at radius 3 is 2.00 bits per heavy atom. The van der Waals surface area contributed by atoms with Gasteiger partial charge in [-0.3, -0.25) is 4.79 Å². The van der Waals surface area contributed by atoms with Crippen LogP contribution in [0.5, 0.6) is 0 Å². The fourth-order valence-corrected chi connectivity index (χ4v) is 3.11. The van der Waals surface area contributed by atoms with Crippen molar-refractivity contribution >= 4 is 5.78 Å². The van der Waals surface area contributed by atoms with Gasteiger partial charge in [0.1, 0.15) is 5.78 Å². The summed E-state index contributed by atoms with van der Waals surface area (Å²) in [5, 5.41) is 0. The van der Waals surface area contributed by atoms with Gasteiger partial charge in [0.05, 0.1) is 0 Å². The van der Waals surface area contributed by atoms with Crippen LogP contribution in [0, 0.1) is 22.7 Å². The van der Waals surface area contributed by atoms with Gasteiger partial charge in [-0.05, 0) is 36.5 Å². The summed E-state index contributed by atoms with van der Waals surface area (Å²) in [6.07, 6.45) is 6.90. The second-order valence-corrected chi connectivity index (χ2v) is 8.95. The Bertz CT molecular complexity index is 277. The van der Waals surface area contributed by atoms with Crippen LogP contribution in [0.25, 0.3) is 0 Å². The first-order valence-electron chi connectivity index (χ1n) is 8.49. The lowest BCUT2D eigenvalue weighted by molar-refractivity contribution is -0.126. The summed E-state index contributed by atoms with van der Waals surface area (Å²) in [7, 11) is 0. The maximum absolute atomic E-state index is 11.9. The second-order valence-electron chi connectivity index (χ2n) is 8.95. The van der Waals surface area contributed by atoms with Crippen LogP contribution in [0.15, 0.2) is 0 Å². The summed E-state index contributed by atoms with van der Waals surface area (Å²) < 4.78 is 0. The molecule has 2 atom stereocenters. The van der Waals surface area contributed by atoms with Crippen molar-refractivity contribution in [1.29, 1.82) is 0 Å². The molecule has 1 nitrogen and oxygen atoms in total. The van der Waals surface area contributed by atoms with E-state index in [0.717, 1.165) is 24.7 Å². The normalized spacial score (nSPS) is 16.0. The second kappa shape index (κ2) is 8.20. The molecule has 0 rings (SSSR count). The maximum atomic E-state index is 11.9. The number of Topliss-reactive ketones (excluding diaryl/α,β-unsaturated/α-hetero) is 1. The lowest BCUT2D eigenvalue weighted by Crippen LogP contribution is -2.20. The molecule has 0 radical (unpaired) electrons. The van der Waals surface area contributed by atoms with E-state index in [4.69, 9.17) is 0 Å². The quantitative estimate of drug-likeness (QED) is 0.513. The fourth-order valence-electron chi connectivity index (χ4n) is 3.11. The molecule has 0 saturated carbocycles. The highest BCUT2D eigenvalue weighted by molar-refractivity contribution is 5.83. The van der Waals surface area contributed by atoms with E-state index in [1.807, 2.05) is 20.8 Å². The van der Waals surface area contributed by atoms with Gasteiger partial charge in [-0.2, -0.15) is 0 Å². The van der Waals surface area contributed by atoms with Crippen LogP contribution in [-0.2, 0) is 4.79 Å². The molecule has 0 fully saturated rings. The average molecular weight is 283 g/mol. The summed E-state index contributed by atoms with van der Waals surface area (Å²) in [4.78, 5) is 11.9. The number of hydrogen-bond donors (Lipinski definition) is 0. The molecule has 0 aliphatic heterocycles. The number of ketones is 1. The third kappa shape index (κ3) is 9.55. The Balaban J connectivity index is 4.08. The molecule has 0 N–H and O–H groups in total. The van der Waals surface area contributed by atoms with E-state index >= 15 is 0 Å². The zero-order valence-corrected chi connectivity index (χ0v) is 15.3. The highest BCUT2D eigenvalue weighted by atomic mass is 16.1.